The van der Waals surface area contributed by atoms with Crippen molar-refractivity contribution in [1.82, 2.24) is 4.57 Å². The zero-order valence-electron chi connectivity index (χ0n) is 13.2. The molecule has 0 saturated heterocycles. The van der Waals surface area contributed by atoms with Crippen LogP contribution in [0, 0.1) is 0 Å². The highest BCUT2D eigenvalue weighted by molar-refractivity contribution is 7.99. The van der Waals surface area contributed by atoms with E-state index < -0.39 is 11.7 Å². The fourth-order valence-corrected chi connectivity index (χ4v) is 3.40. The molecule has 25 heavy (non-hydrogen) atoms. The number of aromatic nitrogens is 1. The Morgan fingerprint density at radius 1 is 0.960 bits per heavy atom. The largest absolute Gasteiger partial charge is 0.416 e. The van der Waals surface area contributed by atoms with Crippen LogP contribution in [-0.2, 0) is 13.2 Å². The molecule has 0 atom stereocenters. The number of benzene rings is 2. The van der Waals surface area contributed by atoms with Crippen LogP contribution in [0.1, 0.15) is 5.56 Å². The van der Waals surface area contributed by atoms with Crippen molar-refractivity contribution in [1.29, 1.82) is 0 Å². The van der Waals surface area contributed by atoms with Crippen LogP contribution in [0.25, 0.3) is 11.1 Å². The van der Waals surface area contributed by atoms with Gasteiger partial charge in [-0.1, -0.05) is 42.1 Å². The van der Waals surface area contributed by atoms with Crippen molar-refractivity contribution >= 4 is 11.8 Å². The first-order valence-electron chi connectivity index (χ1n) is 7.45. The van der Waals surface area contributed by atoms with Crippen LogP contribution in [0.2, 0.25) is 0 Å². The maximum Gasteiger partial charge on any atom is 0.416 e. The van der Waals surface area contributed by atoms with Gasteiger partial charge >= 0.3 is 6.18 Å². The first-order chi connectivity index (χ1) is 11.8. The molecular weight excluding hydrogens is 347 g/mol. The van der Waals surface area contributed by atoms with E-state index in [1.54, 1.807) is 24.0 Å². The minimum Gasteiger partial charge on any atom is -0.355 e. The first-order valence-corrected chi connectivity index (χ1v) is 8.27. The molecule has 3 rings (SSSR count). The second-order valence-corrected chi connectivity index (χ2v) is 6.64. The summed E-state index contributed by atoms with van der Waals surface area (Å²) >= 11 is 1.29. The number of halogens is 3. The Hall–Kier alpha value is -2.47. The Morgan fingerprint density at radius 2 is 1.68 bits per heavy atom. The van der Waals surface area contributed by atoms with Gasteiger partial charge in [-0.25, -0.2) is 0 Å². The van der Waals surface area contributed by atoms with Crippen molar-refractivity contribution in [2.45, 2.75) is 16.0 Å². The Labute approximate surface area is 146 Å². The second kappa shape index (κ2) is 6.80. The van der Waals surface area contributed by atoms with E-state index in [4.69, 9.17) is 0 Å². The molecule has 0 spiro atoms. The summed E-state index contributed by atoms with van der Waals surface area (Å²) in [6.45, 7) is 0. The number of rotatable bonds is 3. The quantitative estimate of drug-likeness (QED) is 0.638. The fraction of sp³-hybridized carbons (Fsp3) is 0.105. The lowest BCUT2D eigenvalue weighted by Gasteiger charge is -2.11. The first kappa shape index (κ1) is 17.4. The smallest absolute Gasteiger partial charge is 0.355 e. The van der Waals surface area contributed by atoms with Crippen molar-refractivity contribution < 1.29 is 13.2 Å². The van der Waals surface area contributed by atoms with Gasteiger partial charge in [0.15, 0.2) is 0 Å². The molecule has 1 heterocycles. The highest BCUT2D eigenvalue weighted by Gasteiger charge is 2.30. The third-order valence-electron chi connectivity index (χ3n) is 3.59. The SMILES string of the molecule is Cn1cc(Sc2ccccc2)c(=O)c(-c2cccc(C(F)(F)F)c2)c1. The average molecular weight is 361 g/mol. The van der Waals surface area contributed by atoms with Crippen LogP contribution in [0.3, 0.4) is 0 Å². The lowest BCUT2D eigenvalue weighted by Crippen LogP contribution is -2.12. The maximum atomic E-state index is 12.9. The predicted molar refractivity (Wildman–Crippen MR) is 92.7 cm³/mol. The number of aryl methyl sites for hydroxylation is 1. The van der Waals surface area contributed by atoms with Crippen molar-refractivity contribution in [2.75, 3.05) is 0 Å². The van der Waals surface area contributed by atoms with E-state index in [9.17, 15) is 18.0 Å². The molecule has 0 aliphatic heterocycles. The van der Waals surface area contributed by atoms with Gasteiger partial charge in [-0.15, -0.1) is 0 Å². The van der Waals surface area contributed by atoms with Crippen LogP contribution in [-0.4, -0.2) is 4.57 Å². The van der Waals surface area contributed by atoms with Crippen LogP contribution in [0.5, 0.6) is 0 Å². The summed E-state index contributed by atoms with van der Waals surface area (Å²) < 4.78 is 40.5. The molecule has 0 amide bonds. The number of pyridine rings is 1. The summed E-state index contributed by atoms with van der Waals surface area (Å²) in [5, 5.41) is 0. The second-order valence-electron chi connectivity index (χ2n) is 5.52. The Balaban J connectivity index is 2.08. The van der Waals surface area contributed by atoms with E-state index in [-0.39, 0.29) is 16.6 Å². The van der Waals surface area contributed by atoms with Crippen molar-refractivity contribution in [3.05, 3.63) is 82.8 Å². The number of nitrogens with zero attached hydrogens (tertiary/aromatic N) is 1. The van der Waals surface area contributed by atoms with E-state index in [2.05, 4.69) is 0 Å². The van der Waals surface area contributed by atoms with Gasteiger partial charge in [-0.3, -0.25) is 4.79 Å². The van der Waals surface area contributed by atoms with Crippen LogP contribution >= 0.6 is 11.8 Å². The summed E-state index contributed by atoms with van der Waals surface area (Å²) in [5.74, 6) is 0. The van der Waals surface area contributed by atoms with Gasteiger partial charge in [-0.05, 0) is 29.8 Å². The minimum atomic E-state index is -4.45. The summed E-state index contributed by atoms with van der Waals surface area (Å²) in [4.78, 5) is 14.1. The molecule has 0 unspecified atom stereocenters. The molecule has 1 aromatic heterocycles. The molecule has 2 aromatic carbocycles. The number of alkyl halides is 3. The molecule has 0 fully saturated rings. The molecule has 3 aromatic rings. The molecule has 0 aliphatic rings. The van der Waals surface area contributed by atoms with Gasteiger partial charge in [0.25, 0.3) is 0 Å². The zero-order valence-corrected chi connectivity index (χ0v) is 14.1. The van der Waals surface area contributed by atoms with Crippen molar-refractivity contribution in [3.63, 3.8) is 0 Å². The van der Waals surface area contributed by atoms with Crippen molar-refractivity contribution in [2.24, 2.45) is 7.05 Å². The van der Waals surface area contributed by atoms with Gasteiger partial charge in [-0.2, -0.15) is 13.2 Å². The summed E-state index contributed by atoms with van der Waals surface area (Å²) in [5.41, 5.74) is -0.556. The van der Waals surface area contributed by atoms with Crippen LogP contribution in [0.15, 0.2) is 81.6 Å². The van der Waals surface area contributed by atoms with E-state index in [0.717, 1.165) is 17.0 Å². The van der Waals surface area contributed by atoms with Gasteiger partial charge in [0.05, 0.1) is 10.5 Å². The lowest BCUT2D eigenvalue weighted by atomic mass is 10.0. The highest BCUT2D eigenvalue weighted by Crippen LogP contribution is 2.32. The normalized spacial score (nSPS) is 11.5. The predicted octanol–water partition coefficient (Wildman–Crippen LogP) is 5.22. The van der Waals surface area contributed by atoms with E-state index in [1.807, 2.05) is 30.3 Å². The molecule has 0 bridgehead atoms. The van der Waals surface area contributed by atoms with E-state index >= 15 is 0 Å². The summed E-state index contributed by atoms with van der Waals surface area (Å²) in [7, 11) is 1.74. The topological polar surface area (TPSA) is 22.0 Å². The Bertz CT molecular complexity index is 949. The third kappa shape index (κ3) is 3.96. The Kier molecular flexibility index (Phi) is 4.72. The van der Waals surface area contributed by atoms with Gasteiger partial charge < -0.3 is 4.57 Å². The average Bonchev–Trinajstić information content (AvgIpc) is 2.58. The molecule has 6 heteroatoms. The van der Waals surface area contributed by atoms with E-state index in [0.29, 0.717) is 4.90 Å². The van der Waals surface area contributed by atoms with Crippen molar-refractivity contribution in [3.8, 4) is 11.1 Å². The maximum absolute atomic E-state index is 12.9. The fourth-order valence-electron chi connectivity index (χ4n) is 2.43. The number of hydrogen-bond acceptors (Lipinski definition) is 2. The van der Waals surface area contributed by atoms with Crippen LogP contribution in [0.4, 0.5) is 13.2 Å². The number of hydrogen-bond donors (Lipinski definition) is 0. The summed E-state index contributed by atoms with van der Waals surface area (Å²) in [6.07, 6.45) is -1.22. The molecule has 0 aliphatic carbocycles. The monoisotopic (exact) mass is 361 g/mol. The highest BCUT2D eigenvalue weighted by atomic mass is 32.2. The van der Waals surface area contributed by atoms with Gasteiger partial charge in [0.2, 0.25) is 5.43 Å². The molecule has 2 nitrogen and oxygen atoms in total. The minimum absolute atomic E-state index is 0.245. The van der Waals surface area contributed by atoms with Gasteiger partial charge in [0, 0.05) is 29.9 Å². The summed E-state index contributed by atoms with van der Waals surface area (Å²) in [6, 6.07) is 14.2. The molecular formula is C19H14F3NOS. The molecule has 128 valence electrons. The zero-order chi connectivity index (χ0) is 18.0. The standard InChI is InChI=1S/C19H14F3NOS/c1-23-11-16(13-6-5-7-14(10-13)19(20,21)22)18(24)17(12-23)25-15-8-3-2-4-9-15/h2-12H,1H3. The lowest BCUT2D eigenvalue weighted by molar-refractivity contribution is -0.137. The van der Waals surface area contributed by atoms with E-state index in [1.165, 1.54) is 23.9 Å². The molecule has 0 N–H and O–H groups in total. The molecule has 0 saturated carbocycles. The third-order valence-corrected chi connectivity index (χ3v) is 4.61. The van der Waals surface area contributed by atoms with Gasteiger partial charge in [0.1, 0.15) is 0 Å². The molecule has 0 radical (unpaired) electrons. The Morgan fingerprint density at radius 3 is 2.36 bits per heavy atom. The van der Waals surface area contributed by atoms with Crippen LogP contribution < -0.4 is 5.43 Å².